The Kier molecular flexibility index (Phi) is 5.72. The number of carbonyl (C=O) groups is 1. The molecule has 0 aliphatic heterocycles. The molecule has 3 heterocycles. The van der Waals surface area contributed by atoms with E-state index in [1.165, 1.54) is 0 Å². The maximum atomic E-state index is 13.4. The fourth-order valence-electron chi connectivity index (χ4n) is 5.00. The number of hydrogen-bond donors (Lipinski definition) is 1. The number of carbonyl (C=O) groups excluding carboxylic acids is 1. The van der Waals surface area contributed by atoms with Crippen LogP contribution in [0.3, 0.4) is 0 Å². The monoisotopic (exact) mass is 507 g/mol. The lowest BCUT2D eigenvalue weighted by atomic mass is 10.1. The number of nitrogens with one attached hydrogen (secondary N) is 1. The second-order valence-corrected chi connectivity index (χ2v) is 9.08. The van der Waals surface area contributed by atoms with Crippen molar-refractivity contribution in [3.05, 3.63) is 88.8 Å². The standard InChI is InChI=1S/C30H25N3O5/c1-17(29(34)32-16-18-8-9-19(36-2)15-26(18)37-3)38-20-10-11-25-24(14-20)22-12-13-31-27-21-6-4-5-7-23(21)30(35)33(25)28(22)27/h4-15,17H,16H2,1-3H3,(H,32,34)/t17-/m0/s1. The highest BCUT2D eigenvalue weighted by Crippen LogP contribution is 2.34. The van der Waals surface area contributed by atoms with Gasteiger partial charge in [-0.3, -0.25) is 19.0 Å². The largest absolute Gasteiger partial charge is 0.497 e. The zero-order chi connectivity index (χ0) is 26.4. The van der Waals surface area contributed by atoms with Crippen LogP contribution in [-0.4, -0.2) is 35.6 Å². The molecule has 0 fully saturated rings. The quantitative estimate of drug-likeness (QED) is 0.315. The lowest BCUT2D eigenvalue weighted by molar-refractivity contribution is -0.127. The minimum absolute atomic E-state index is 0.0866. The molecule has 6 rings (SSSR count). The molecule has 1 N–H and O–H groups in total. The summed E-state index contributed by atoms with van der Waals surface area (Å²) < 4.78 is 18.4. The highest BCUT2D eigenvalue weighted by atomic mass is 16.5. The van der Waals surface area contributed by atoms with Crippen molar-refractivity contribution in [2.45, 2.75) is 19.6 Å². The van der Waals surface area contributed by atoms with Gasteiger partial charge in [0.2, 0.25) is 0 Å². The maximum absolute atomic E-state index is 13.4. The lowest BCUT2D eigenvalue weighted by Gasteiger charge is -2.16. The first-order valence-corrected chi connectivity index (χ1v) is 12.2. The van der Waals surface area contributed by atoms with Gasteiger partial charge < -0.3 is 19.5 Å². The molecule has 0 saturated heterocycles. The second-order valence-electron chi connectivity index (χ2n) is 9.08. The average Bonchev–Trinajstić information content (AvgIpc) is 3.29. The van der Waals surface area contributed by atoms with E-state index in [0.717, 1.165) is 38.3 Å². The van der Waals surface area contributed by atoms with Gasteiger partial charge in [-0.05, 0) is 49.4 Å². The molecule has 3 aromatic heterocycles. The van der Waals surface area contributed by atoms with Gasteiger partial charge in [0, 0.05) is 45.9 Å². The van der Waals surface area contributed by atoms with Gasteiger partial charge >= 0.3 is 0 Å². The molecule has 0 unspecified atom stereocenters. The zero-order valence-corrected chi connectivity index (χ0v) is 21.1. The highest BCUT2D eigenvalue weighted by Gasteiger charge is 2.20. The molecule has 3 aromatic carbocycles. The average molecular weight is 508 g/mol. The molecule has 0 radical (unpaired) electrons. The molecule has 0 spiro atoms. The van der Waals surface area contributed by atoms with Gasteiger partial charge in [-0.1, -0.05) is 18.2 Å². The van der Waals surface area contributed by atoms with E-state index >= 15 is 0 Å². The van der Waals surface area contributed by atoms with Crippen molar-refractivity contribution in [3.63, 3.8) is 0 Å². The Morgan fingerprint density at radius 2 is 1.71 bits per heavy atom. The Bertz CT molecular complexity index is 1900. The van der Waals surface area contributed by atoms with Crippen molar-refractivity contribution >= 4 is 44.0 Å². The number of ether oxygens (including phenoxy) is 3. The van der Waals surface area contributed by atoms with Crippen molar-refractivity contribution in [3.8, 4) is 17.2 Å². The van der Waals surface area contributed by atoms with E-state index in [-0.39, 0.29) is 18.0 Å². The van der Waals surface area contributed by atoms with E-state index in [4.69, 9.17) is 14.2 Å². The number of benzene rings is 3. The summed E-state index contributed by atoms with van der Waals surface area (Å²) >= 11 is 0. The fraction of sp³-hybridized carbons (Fsp3) is 0.167. The first-order valence-electron chi connectivity index (χ1n) is 12.2. The van der Waals surface area contributed by atoms with Crippen molar-refractivity contribution in [2.75, 3.05) is 14.2 Å². The minimum atomic E-state index is -0.746. The van der Waals surface area contributed by atoms with Crippen LogP contribution in [0.4, 0.5) is 0 Å². The minimum Gasteiger partial charge on any atom is -0.497 e. The summed E-state index contributed by atoms with van der Waals surface area (Å²) in [7, 11) is 3.16. The lowest BCUT2D eigenvalue weighted by Crippen LogP contribution is -2.36. The molecule has 190 valence electrons. The van der Waals surface area contributed by atoms with Gasteiger partial charge in [-0.25, -0.2) is 0 Å². The molecule has 8 nitrogen and oxygen atoms in total. The van der Waals surface area contributed by atoms with E-state index in [0.29, 0.717) is 22.6 Å². The van der Waals surface area contributed by atoms with Gasteiger partial charge in [0.05, 0.1) is 30.8 Å². The number of rotatable bonds is 7. The predicted octanol–water partition coefficient (Wildman–Crippen LogP) is 4.69. The fourth-order valence-corrected chi connectivity index (χ4v) is 5.00. The number of aromatic nitrogens is 2. The van der Waals surface area contributed by atoms with E-state index in [9.17, 15) is 9.59 Å². The predicted molar refractivity (Wildman–Crippen MR) is 147 cm³/mol. The Labute approximate surface area is 217 Å². The summed E-state index contributed by atoms with van der Waals surface area (Å²) in [5.41, 5.74) is 3.06. The van der Waals surface area contributed by atoms with Crippen molar-refractivity contribution in [2.24, 2.45) is 0 Å². The number of pyridine rings is 2. The molecular formula is C30H25N3O5. The molecule has 0 bridgehead atoms. The Balaban J connectivity index is 1.30. The first-order chi connectivity index (χ1) is 18.5. The van der Waals surface area contributed by atoms with E-state index in [1.807, 2.05) is 54.6 Å². The molecule has 1 amide bonds. The van der Waals surface area contributed by atoms with Crippen molar-refractivity contribution in [1.29, 1.82) is 0 Å². The van der Waals surface area contributed by atoms with Gasteiger partial charge in [0.25, 0.3) is 11.5 Å². The molecule has 0 aliphatic carbocycles. The van der Waals surface area contributed by atoms with E-state index in [1.54, 1.807) is 43.9 Å². The topological polar surface area (TPSA) is 91.2 Å². The number of nitrogens with zero attached hydrogens (tertiary/aromatic N) is 2. The number of fused-ring (bicyclic) bond motifs is 5. The van der Waals surface area contributed by atoms with Crippen molar-refractivity contribution < 1.29 is 19.0 Å². The van der Waals surface area contributed by atoms with Crippen LogP contribution in [0.5, 0.6) is 17.2 Å². The number of methoxy groups -OCH3 is 2. The van der Waals surface area contributed by atoms with Gasteiger partial charge in [-0.2, -0.15) is 0 Å². The number of hydrogen-bond acceptors (Lipinski definition) is 6. The normalized spacial score (nSPS) is 12.3. The summed E-state index contributed by atoms with van der Waals surface area (Å²) in [5.74, 6) is 1.57. The van der Waals surface area contributed by atoms with Crippen LogP contribution in [0, 0.1) is 0 Å². The molecular weight excluding hydrogens is 482 g/mol. The van der Waals surface area contributed by atoms with Gasteiger partial charge in [-0.15, -0.1) is 0 Å². The van der Waals surface area contributed by atoms with Gasteiger partial charge in [0.1, 0.15) is 17.2 Å². The Morgan fingerprint density at radius 1 is 0.921 bits per heavy atom. The molecule has 6 aromatic rings. The molecule has 0 aliphatic rings. The highest BCUT2D eigenvalue weighted by molar-refractivity contribution is 6.18. The molecule has 8 heteroatoms. The maximum Gasteiger partial charge on any atom is 0.263 e. The van der Waals surface area contributed by atoms with Crippen LogP contribution < -0.4 is 25.1 Å². The Morgan fingerprint density at radius 3 is 2.50 bits per heavy atom. The van der Waals surface area contributed by atoms with Crippen LogP contribution in [0.15, 0.2) is 77.7 Å². The third kappa shape index (κ3) is 3.73. The van der Waals surface area contributed by atoms with E-state index < -0.39 is 6.10 Å². The second kappa shape index (κ2) is 9.23. The van der Waals surface area contributed by atoms with Crippen LogP contribution in [0.25, 0.3) is 38.1 Å². The Hall–Kier alpha value is -4.85. The summed E-state index contributed by atoms with van der Waals surface area (Å²) in [4.78, 5) is 30.9. The molecule has 0 saturated carbocycles. The van der Waals surface area contributed by atoms with Crippen LogP contribution in [-0.2, 0) is 11.3 Å². The first kappa shape index (κ1) is 23.5. The van der Waals surface area contributed by atoms with Crippen LogP contribution >= 0.6 is 0 Å². The molecule has 1 atom stereocenters. The SMILES string of the molecule is COc1ccc(CNC(=O)[C@H](C)Oc2ccc3c(c2)c2ccnc4c5ccccc5c(=O)n3c24)c(OC)c1. The summed E-state index contributed by atoms with van der Waals surface area (Å²) in [6.07, 6.45) is 1.01. The van der Waals surface area contributed by atoms with Gasteiger partial charge in [0.15, 0.2) is 6.10 Å². The summed E-state index contributed by atoms with van der Waals surface area (Å²) in [5, 5.41) is 6.11. The third-order valence-electron chi connectivity index (χ3n) is 6.89. The smallest absolute Gasteiger partial charge is 0.263 e. The number of amides is 1. The third-order valence-corrected chi connectivity index (χ3v) is 6.89. The zero-order valence-electron chi connectivity index (χ0n) is 21.1. The summed E-state index contributed by atoms with van der Waals surface area (Å²) in [6.45, 7) is 1.98. The van der Waals surface area contributed by atoms with E-state index in [2.05, 4.69) is 10.3 Å². The van der Waals surface area contributed by atoms with Crippen LogP contribution in [0.2, 0.25) is 0 Å². The molecule has 38 heavy (non-hydrogen) atoms. The van der Waals surface area contributed by atoms with Crippen LogP contribution in [0.1, 0.15) is 12.5 Å². The van der Waals surface area contributed by atoms with Crippen molar-refractivity contribution in [1.82, 2.24) is 14.7 Å². The summed E-state index contributed by atoms with van der Waals surface area (Å²) in [6, 6.07) is 20.4.